The fraction of sp³-hybridized carbons (Fsp3) is 0.381. The SMILES string of the molecule is O=C(CN1CCC[C@@](O)(COc2ccccc2)C1)NCc1ccccc1. The van der Waals surface area contributed by atoms with Crippen molar-refractivity contribution in [1.29, 1.82) is 0 Å². The molecule has 0 saturated carbocycles. The van der Waals surface area contributed by atoms with Crippen molar-refractivity contribution in [2.75, 3.05) is 26.2 Å². The second kappa shape index (κ2) is 8.83. The highest BCUT2D eigenvalue weighted by Crippen LogP contribution is 2.22. The van der Waals surface area contributed by atoms with Crippen molar-refractivity contribution < 1.29 is 14.6 Å². The van der Waals surface area contributed by atoms with E-state index >= 15 is 0 Å². The molecule has 2 aromatic carbocycles. The first kappa shape index (κ1) is 18.4. The van der Waals surface area contributed by atoms with E-state index in [0.29, 0.717) is 26.1 Å². The number of para-hydroxylation sites is 1. The minimum absolute atomic E-state index is 0.0259. The number of rotatable bonds is 7. The molecule has 138 valence electrons. The molecule has 26 heavy (non-hydrogen) atoms. The van der Waals surface area contributed by atoms with Gasteiger partial charge in [-0.05, 0) is 37.1 Å². The lowest BCUT2D eigenvalue weighted by Gasteiger charge is -2.38. The molecule has 1 heterocycles. The second-order valence-corrected chi connectivity index (χ2v) is 6.90. The van der Waals surface area contributed by atoms with E-state index in [1.807, 2.05) is 65.6 Å². The fourth-order valence-electron chi connectivity index (χ4n) is 3.25. The molecule has 0 bridgehead atoms. The van der Waals surface area contributed by atoms with Crippen LogP contribution in [-0.4, -0.2) is 47.8 Å². The monoisotopic (exact) mass is 354 g/mol. The summed E-state index contributed by atoms with van der Waals surface area (Å²) in [6.07, 6.45) is 1.53. The van der Waals surface area contributed by atoms with Gasteiger partial charge in [0.1, 0.15) is 18.0 Å². The van der Waals surface area contributed by atoms with Gasteiger partial charge in [-0.1, -0.05) is 48.5 Å². The summed E-state index contributed by atoms with van der Waals surface area (Å²) in [5, 5.41) is 13.8. The van der Waals surface area contributed by atoms with Gasteiger partial charge in [0, 0.05) is 13.1 Å². The summed E-state index contributed by atoms with van der Waals surface area (Å²) in [6, 6.07) is 19.3. The number of carbonyl (C=O) groups is 1. The van der Waals surface area contributed by atoms with Crippen LogP contribution in [-0.2, 0) is 11.3 Å². The molecule has 0 unspecified atom stereocenters. The van der Waals surface area contributed by atoms with E-state index in [2.05, 4.69) is 5.32 Å². The number of likely N-dealkylation sites (tertiary alicyclic amines) is 1. The zero-order chi connectivity index (χ0) is 18.2. The fourth-order valence-corrected chi connectivity index (χ4v) is 3.25. The Morgan fingerprint density at radius 3 is 2.54 bits per heavy atom. The van der Waals surface area contributed by atoms with Crippen molar-refractivity contribution in [2.24, 2.45) is 0 Å². The summed E-state index contributed by atoms with van der Waals surface area (Å²) in [5.41, 5.74) is 0.153. The van der Waals surface area contributed by atoms with Crippen molar-refractivity contribution in [2.45, 2.75) is 25.0 Å². The maximum atomic E-state index is 12.2. The van der Waals surface area contributed by atoms with Crippen LogP contribution in [0.5, 0.6) is 5.75 Å². The van der Waals surface area contributed by atoms with Crippen molar-refractivity contribution in [3.63, 3.8) is 0 Å². The van der Waals surface area contributed by atoms with Gasteiger partial charge in [0.25, 0.3) is 0 Å². The van der Waals surface area contributed by atoms with E-state index in [0.717, 1.165) is 24.3 Å². The van der Waals surface area contributed by atoms with Gasteiger partial charge in [-0.15, -0.1) is 0 Å². The number of hydrogen-bond donors (Lipinski definition) is 2. The number of amides is 1. The Balaban J connectivity index is 1.45. The van der Waals surface area contributed by atoms with Crippen LogP contribution in [0, 0.1) is 0 Å². The van der Waals surface area contributed by atoms with E-state index in [-0.39, 0.29) is 12.5 Å². The van der Waals surface area contributed by atoms with Crippen LogP contribution in [0.25, 0.3) is 0 Å². The number of benzene rings is 2. The smallest absolute Gasteiger partial charge is 0.234 e. The van der Waals surface area contributed by atoms with Crippen LogP contribution in [0.4, 0.5) is 0 Å². The average molecular weight is 354 g/mol. The molecule has 1 fully saturated rings. The third-order valence-electron chi connectivity index (χ3n) is 4.58. The van der Waals surface area contributed by atoms with Gasteiger partial charge in [-0.2, -0.15) is 0 Å². The Labute approximate surface area is 154 Å². The predicted molar refractivity (Wildman–Crippen MR) is 101 cm³/mol. The Morgan fingerprint density at radius 1 is 1.12 bits per heavy atom. The number of piperidine rings is 1. The predicted octanol–water partition coefficient (Wildman–Crippen LogP) is 2.21. The molecule has 3 rings (SSSR count). The molecule has 0 aliphatic carbocycles. The number of carbonyl (C=O) groups excluding carboxylic acids is 1. The lowest BCUT2D eigenvalue weighted by atomic mass is 9.93. The Morgan fingerprint density at radius 2 is 1.81 bits per heavy atom. The van der Waals surface area contributed by atoms with Gasteiger partial charge in [0.05, 0.1) is 6.54 Å². The summed E-state index contributed by atoms with van der Waals surface area (Å²) >= 11 is 0. The lowest BCUT2D eigenvalue weighted by Crippen LogP contribution is -2.53. The minimum Gasteiger partial charge on any atom is -0.491 e. The van der Waals surface area contributed by atoms with Crippen molar-refractivity contribution in [3.05, 3.63) is 66.2 Å². The minimum atomic E-state index is -0.923. The normalized spacial score (nSPS) is 20.5. The molecule has 1 atom stereocenters. The third kappa shape index (κ3) is 5.58. The first-order valence-corrected chi connectivity index (χ1v) is 9.06. The molecule has 1 amide bonds. The molecule has 5 heteroatoms. The molecular formula is C21H26N2O3. The Kier molecular flexibility index (Phi) is 6.26. The molecule has 0 spiro atoms. The zero-order valence-electron chi connectivity index (χ0n) is 14.9. The van der Waals surface area contributed by atoms with Crippen molar-refractivity contribution >= 4 is 5.91 Å². The van der Waals surface area contributed by atoms with E-state index in [1.165, 1.54) is 0 Å². The summed E-state index contributed by atoms with van der Waals surface area (Å²) in [5.74, 6) is 0.723. The number of nitrogens with zero attached hydrogens (tertiary/aromatic N) is 1. The molecular weight excluding hydrogens is 328 g/mol. The number of aliphatic hydroxyl groups is 1. The standard InChI is InChI=1S/C21H26N2O3/c24-20(22-14-18-8-3-1-4-9-18)15-23-13-7-12-21(25,16-23)17-26-19-10-5-2-6-11-19/h1-6,8-11,25H,7,12-17H2,(H,22,24)/t21-/m0/s1. The van der Waals surface area contributed by atoms with E-state index in [9.17, 15) is 9.90 Å². The van der Waals surface area contributed by atoms with Gasteiger partial charge < -0.3 is 15.2 Å². The van der Waals surface area contributed by atoms with Crippen LogP contribution in [0.15, 0.2) is 60.7 Å². The van der Waals surface area contributed by atoms with Gasteiger partial charge in [-0.3, -0.25) is 9.69 Å². The first-order chi connectivity index (χ1) is 12.6. The topological polar surface area (TPSA) is 61.8 Å². The zero-order valence-corrected chi connectivity index (χ0v) is 14.9. The Bertz CT molecular complexity index is 693. The van der Waals surface area contributed by atoms with E-state index < -0.39 is 5.60 Å². The summed E-state index contributed by atoms with van der Waals surface area (Å²) in [4.78, 5) is 14.2. The highest BCUT2D eigenvalue weighted by Gasteiger charge is 2.34. The van der Waals surface area contributed by atoms with Gasteiger partial charge in [-0.25, -0.2) is 0 Å². The summed E-state index contributed by atoms with van der Waals surface area (Å²) in [7, 11) is 0. The molecule has 5 nitrogen and oxygen atoms in total. The van der Waals surface area contributed by atoms with E-state index in [4.69, 9.17) is 4.74 Å². The molecule has 0 aromatic heterocycles. The molecule has 1 aliphatic heterocycles. The van der Waals surface area contributed by atoms with Gasteiger partial charge in [0.15, 0.2) is 0 Å². The highest BCUT2D eigenvalue weighted by atomic mass is 16.5. The molecule has 2 aromatic rings. The molecule has 2 N–H and O–H groups in total. The maximum absolute atomic E-state index is 12.2. The third-order valence-corrected chi connectivity index (χ3v) is 4.58. The number of nitrogens with one attached hydrogen (secondary N) is 1. The highest BCUT2D eigenvalue weighted by molar-refractivity contribution is 5.78. The quantitative estimate of drug-likeness (QED) is 0.800. The van der Waals surface area contributed by atoms with Crippen LogP contribution in [0.2, 0.25) is 0 Å². The van der Waals surface area contributed by atoms with Crippen LogP contribution < -0.4 is 10.1 Å². The molecule has 1 saturated heterocycles. The lowest BCUT2D eigenvalue weighted by molar-refractivity contribution is -0.124. The van der Waals surface area contributed by atoms with Crippen LogP contribution in [0.1, 0.15) is 18.4 Å². The van der Waals surface area contributed by atoms with E-state index in [1.54, 1.807) is 0 Å². The van der Waals surface area contributed by atoms with Crippen LogP contribution >= 0.6 is 0 Å². The number of hydrogen-bond acceptors (Lipinski definition) is 4. The number of β-amino-alcohol motifs (C(OH)–C–C–N with tert-alkyl or cyclic N) is 1. The summed E-state index contributed by atoms with van der Waals surface area (Å²) in [6.45, 7) is 2.31. The first-order valence-electron chi connectivity index (χ1n) is 9.06. The molecule has 0 radical (unpaired) electrons. The average Bonchev–Trinajstić information content (AvgIpc) is 2.67. The largest absolute Gasteiger partial charge is 0.491 e. The van der Waals surface area contributed by atoms with Crippen molar-refractivity contribution in [3.8, 4) is 5.75 Å². The maximum Gasteiger partial charge on any atom is 0.234 e. The van der Waals surface area contributed by atoms with Gasteiger partial charge >= 0.3 is 0 Å². The molecule has 1 aliphatic rings. The second-order valence-electron chi connectivity index (χ2n) is 6.90. The van der Waals surface area contributed by atoms with Crippen molar-refractivity contribution in [1.82, 2.24) is 10.2 Å². The van der Waals surface area contributed by atoms with Gasteiger partial charge in [0.2, 0.25) is 5.91 Å². The van der Waals surface area contributed by atoms with Crippen LogP contribution in [0.3, 0.4) is 0 Å². The summed E-state index contributed by atoms with van der Waals surface area (Å²) < 4.78 is 5.73. The number of ether oxygens (including phenoxy) is 1. The Hall–Kier alpha value is -2.37.